The average molecular weight is 402 g/mol. The van der Waals surface area contributed by atoms with Gasteiger partial charge in [-0.05, 0) is 38.7 Å². The number of carboxylic acids is 1. The molecular formula is C18H31N3O3S2. The first kappa shape index (κ1) is 23.1. The van der Waals surface area contributed by atoms with E-state index in [4.69, 9.17) is 5.73 Å². The van der Waals surface area contributed by atoms with Gasteiger partial charge in [-0.1, -0.05) is 24.3 Å². The predicted molar refractivity (Wildman–Crippen MR) is 111 cm³/mol. The summed E-state index contributed by atoms with van der Waals surface area (Å²) in [6.45, 7) is 4.48. The van der Waals surface area contributed by atoms with Gasteiger partial charge in [0.2, 0.25) is 5.91 Å². The molecule has 0 aliphatic carbocycles. The van der Waals surface area contributed by atoms with Crippen LogP contribution in [0.3, 0.4) is 0 Å². The van der Waals surface area contributed by atoms with Crippen molar-refractivity contribution in [2.24, 2.45) is 11.7 Å². The van der Waals surface area contributed by atoms with Crippen LogP contribution in [-0.2, 0) is 9.59 Å². The van der Waals surface area contributed by atoms with Crippen LogP contribution >= 0.6 is 23.5 Å². The van der Waals surface area contributed by atoms with Gasteiger partial charge in [-0.25, -0.2) is 4.79 Å². The van der Waals surface area contributed by atoms with Gasteiger partial charge in [0.25, 0.3) is 0 Å². The molecule has 26 heavy (non-hydrogen) atoms. The second-order valence-electron chi connectivity index (χ2n) is 6.69. The number of rotatable bonds is 11. The van der Waals surface area contributed by atoms with Crippen molar-refractivity contribution >= 4 is 35.4 Å². The first-order chi connectivity index (χ1) is 12.3. The van der Waals surface area contributed by atoms with Crippen molar-refractivity contribution in [2.45, 2.75) is 43.6 Å². The van der Waals surface area contributed by atoms with Gasteiger partial charge in [0.15, 0.2) is 0 Å². The zero-order valence-electron chi connectivity index (χ0n) is 15.7. The number of carbonyl (C=O) groups excluding carboxylic acids is 1. The molecule has 1 heterocycles. The van der Waals surface area contributed by atoms with E-state index in [0.717, 1.165) is 5.75 Å². The maximum Gasteiger partial charge on any atom is 0.326 e. The summed E-state index contributed by atoms with van der Waals surface area (Å²) in [5.74, 6) is -0.140. The van der Waals surface area contributed by atoms with Crippen LogP contribution in [0.25, 0.3) is 0 Å². The summed E-state index contributed by atoms with van der Waals surface area (Å²) in [6, 6.07) is -0.503. The molecule has 0 radical (unpaired) electrons. The molecule has 148 valence electrons. The SMILES string of the molecule is CSCCC(NC(=O)C(/C=C\C/C=C/C1CSC(C)(C)N1)CN)C(=O)O. The summed E-state index contributed by atoms with van der Waals surface area (Å²) >= 11 is 3.45. The summed E-state index contributed by atoms with van der Waals surface area (Å²) in [5, 5.41) is 15.3. The molecule has 1 saturated heterocycles. The van der Waals surface area contributed by atoms with E-state index >= 15 is 0 Å². The van der Waals surface area contributed by atoms with Crippen molar-refractivity contribution in [1.82, 2.24) is 10.6 Å². The largest absolute Gasteiger partial charge is 0.480 e. The second kappa shape index (κ2) is 11.7. The van der Waals surface area contributed by atoms with Crippen molar-refractivity contribution in [1.29, 1.82) is 0 Å². The molecule has 3 atom stereocenters. The fourth-order valence-corrected chi connectivity index (χ4v) is 4.04. The van der Waals surface area contributed by atoms with E-state index in [2.05, 4.69) is 36.6 Å². The lowest BCUT2D eigenvalue weighted by molar-refractivity contribution is -0.142. The van der Waals surface area contributed by atoms with Crippen LogP contribution in [0.1, 0.15) is 26.7 Å². The molecule has 0 aromatic carbocycles. The number of hydrogen-bond acceptors (Lipinski definition) is 6. The van der Waals surface area contributed by atoms with Crippen LogP contribution in [0.15, 0.2) is 24.3 Å². The molecule has 1 amide bonds. The van der Waals surface area contributed by atoms with Gasteiger partial charge in [0.05, 0.1) is 10.8 Å². The molecule has 1 aliphatic heterocycles. The Kier molecular flexibility index (Phi) is 10.4. The Bertz CT molecular complexity index is 524. The lowest BCUT2D eigenvalue weighted by Crippen LogP contribution is -2.45. The van der Waals surface area contributed by atoms with E-state index in [9.17, 15) is 14.7 Å². The quantitative estimate of drug-likeness (QED) is 0.392. The van der Waals surface area contributed by atoms with Gasteiger partial charge in [0, 0.05) is 18.3 Å². The Morgan fingerprint density at radius 3 is 2.73 bits per heavy atom. The summed E-state index contributed by atoms with van der Waals surface area (Å²) in [7, 11) is 0. The van der Waals surface area contributed by atoms with Gasteiger partial charge < -0.3 is 16.2 Å². The van der Waals surface area contributed by atoms with Gasteiger partial charge in [-0.15, -0.1) is 11.8 Å². The topological polar surface area (TPSA) is 104 Å². The molecule has 0 saturated carbocycles. The minimum Gasteiger partial charge on any atom is -0.480 e. The standard InChI is InChI=1S/C18H31N3O3S2/c1-18(2)21-14(12-26-18)8-6-4-5-7-13(11-19)16(22)20-15(17(23)24)9-10-25-3/h5-8,13-15,21H,4,9-12,19H2,1-3H3,(H,20,22)(H,23,24)/b7-5-,8-6+. The zero-order valence-corrected chi connectivity index (χ0v) is 17.4. The molecule has 3 unspecified atom stereocenters. The van der Waals surface area contributed by atoms with E-state index in [0.29, 0.717) is 24.6 Å². The molecule has 1 rings (SSSR count). The fourth-order valence-electron chi connectivity index (χ4n) is 2.54. The maximum absolute atomic E-state index is 12.3. The highest BCUT2D eigenvalue weighted by Gasteiger charge is 2.28. The lowest BCUT2D eigenvalue weighted by Gasteiger charge is -2.17. The Hall–Kier alpha value is -0.960. The molecule has 1 aliphatic rings. The summed E-state index contributed by atoms with van der Waals surface area (Å²) in [5.41, 5.74) is 5.68. The molecule has 6 nitrogen and oxygen atoms in total. The van der Waals surface area contributed by atoms with E-state index in [-0.39, 0.29) is 17.3 Å². The Labute approximate surface area is 164 Å². The molecule has 5 N–H and O–H groups in total. The van der Waals surface area contributed by atoms with Gasteiger partial charge >= 0.3 is 5.97 Å². The third kappa shape index (κ3) is 8.62. The lowest BCUT2D eigenvalue weighted by atomic mass is 10.1. The number of carboxylic acid groups (broad SMARTS) is 1. The maximum atomic E-state index is 12.3. The van der Waals surface area contributed by atoms with Crippen molar-refractivity contribution in [3.63, 3.8) is 0 Å². The highest BCUT2D eigenvalue weighted by atomic mass is 32.2. The van der Waals surface area contributed by atoms with E-state index in [1.165, 1.54) is 0 Å². The number of aliphatic carboxylic acids is 1. The smallest absolute Gasteiger partial charge is 0.326 e. The van der Waals surface area contributed by atoms with Crippen LogP contribution in [0.2, 0.25) is 0 Å². The summed E-state index contributed by atoms with van der Waals surface area (Å²) in [4.78, 5) is 23.6. The Morgan fingerprint density at radius 2 is 2.19 bits per heavy atom. The zero-order chi connectivity index (χ0) is 19.6. The van der Waals surface area contributed by atoms with Crippen LogP contribution in [0.5, 0.6) is 0 Å². The second-order valence-corrected chi connectivity index (χ2v) is 9.32. The normalized spacial score (nSPS) is 21.9. The first-order valence-corrected chi connectivity index (χ1v) is 11.1. The number of allylic oxidation sites excluding steroid dienone is 2. The molecule has 0 aromatic heterocycles. The van der Waals surface area contributed by atoms with E-state index in [1.807, 2.05) is 24.1 Å². The van der Waals surface area contributed by atoms with Crippen LogP contribution in [-0.4, -0.2) is 58.2 Å². The minimum atomic E-state index is -1.01. The Morgan fingerprint density at radius 1 is 1.46 bits per heavy atom. The fraction of sp³-hybridized carbons (Fsp3) is 0.667. The van der Waals surface area contributed by atoms with Crippen molar-refractivity contribution in [2.75, 3.05) is 24.3 Å². The number of amides is 1. The Balaban J connectivity index is 2.45. The van der Waals surface area contributed by atoms with Crippen LogP contribution in [0.4, 0.5) is 0 Å². The van der Waals surface area contributed by atoms with Crippen molar-refractivity contribution in [3.8, 4) is 0 Å². The monoisotopic (exact) mass is 401 g/mol. The molecular weight excluding hydrogens is 370 g/mol. The number of hydrogen-bond donors (Lipinski definition) is 4. The van der Waals surface area contributed by atoms with E-state index < -0.39 is 17.9 Å². The van der Waals surface area contributed by atoms with Crippen LogP contribution < -0.4 is 16.4 Å². The number of carbonyl (C=O) groups is 2. The molecule has 1 fully saturated rings. The number of nitrogens with one attached hydrogen (secondary N) is 2. The summed E-state index contributed by atoms with van der Waals surface area (Å²) < 4.78 is 0. The minimum absolute atomic E-state index is 0.116. The number of thioether (sulfide) groups is 2. The van der Waals surface area contributed by atoms with Gasteiger partial charge in [0.1, 0.15) is 6.04 Å². The van der Waals surface area contributed by atoms with E-state index in [1.54, 1.807) is 17.8 Å². The van der Waals surface area contributed by atoms with Gasteiger partial charge in [-0.3, -0.25) is 10.1 Å². The predicted octanol–water partition coefficient (Wildman–Crippen LogP) is 1.83. The third-order valence-electron chi connectivity index (χ3n) is 3.98. The number of nitrogens with two attached hydrogens (primary N) is 1. The van der Waals surface area contributed by atoms with Crippen LogP contribution in [0, 0.1) is 5.92 Å². The van der Waals surface area contributed by atoms with Gasteiger partial charge in [-0.2, -0.15) is 11.8 Å². The molecule has 0 spiro atoms. The third-order valence-corrected chi connectivity index (χ3v) is 5.99. The highest BCUT2D eigenvalue weighted by molar-refractivity contribution is 8.00. The van der Waals surface area contributed by atoms with Crippen molar-refractivity contribution < 1.29 is 14.7 Å². The summed E-state index contributed by atoms with van der Waals surface area (Å²) in [6.07, 6.45) is 10.9. The molecule has 0 bridgehead atoms. The highest BCUT2D eigenvalue weighted by Crippen LogP contribution is 2.29. The van der Waals surface area contributed by atoms with Crippen molar-refractivity contribution in [3.05, 3.63) is 24.3 Å². The average Bonchev–Trinajstić information content (AvgIpc) is 2.93. The first-order valence-electron chi connectivity index (χ1n) is 8.76. The molecule has 8 heteroatoms. The molecule has 0 aromatic rings.